The lowest BCUT2D eigenvalue weighted by Crippen LogP contribution is -2.23. The van der Waals surface area contributed by atoms with Crippen LogP contribution in [0, 0.1) is 20.6 Å². The van der Waals surface area contributed by atoms with Crippen LogP contribution >= 0.6 is 22.6 Å². The monoisotopic (exact) mass is 499 g/mol. The molecule has 4 rings (SSSR count). The zero-order chi connectivity index (χ0) is 20.5. The van der Waals surface area contributed by atoms with Crippen LogP contribution in [0.2, 0.25) is 0 Å². The molecule has 7 nitrogen and oxygen atoms in total. The minimum atomic E-state index is -0.601. The van der Waals surface area contributed by atoms with E-state index in [0.717, 1.165) is 14.8 Å². The smallest absolute Gasteiger partial charge is 0.401 e. The zero-order valence-corrected chi connectivity index (χ0v) is 17.4. The molecule has 0 radical (unpaired) electrons. The Kier molecular flexibility index (Phi) is 5.01. The van der Waals surface area contributed by atoms with E-state index in [1.165, 1.54) is 12.1 Å². The van der Waals surface area contributed by atoms with Gasteiger partial charge in [-0.3, -0.25) is 19.5 Å². The molecule has 0 aliphatic heterocycles. The van der Waals surface area contributed by atoms with Crippen LogP contribution in [0.15, 0.2) is 63.8 Å². The Morgan fingerprint density at radius 2 is 1.93 bits per heavy atom. The van der Waals surface area contributed by atoms with Gasteiger partial charge in [-0.2, -0.15) is 0 Å². The normalized spacial score (nSPS) is 11.4. The molecule has 2 heterocycles. The van der Waals surface area contributed by atoms with Gasteiger partial charge in [-0.05, 0) is 77.6 Å². The number of hydrogen-bond acceptors (Lipinski definition) is 5. The standard InChI is InChI=1S/C21H14IN3O4/c1-13-4-2-3-5-18(13)24-19(10-7-15-8-11-20(29-15)25(27)28)23-17-9-6-14(22)12-16(17)21(24)26/h2-12H,1H3. The van der Waals surface area contributed by atoms with Crippen molar-refractivity contribution in [2.75, 3.05) is 0 Å². The highest BCUT2D eigenvalue weighted by molar-refractivity contribution is 14.1. The summed E-state index contributed by atoms with van der Waals surface area (Å²) in [5.74, 6) is 0.351. The topological polar surface area (TPSA) is 91.2 Å². The summed E-state index contributed by atoms with van der Waals surface area (Å²) >= 11 is 2.16. The van der Waals surface area contributed by atoms with E-state index in [2.05, 4.69) is 27.6 Å². The number of nitrogens with zero attached hydrogens (tertiary/aromatic N) is 3. The Morgan fingerprint density at radius 3 is 2.66 bits per heavy atom. The number of hydrogen-bond donors (Lipinski definition) is 0. The average molecular weight is 499 g/mol. The highest BCUT2D eigenvalue weighted by Gasteiger charge is 2.14. The highest BCUT2D eigenvalue weighted by Crippen LogP contribution is 2.21. The summed E-state index contributed by atoms with van der Waals surface area (Å²) in [6.07, 6.45) is 3.18. The molecule has 0 spiro atoms. The van der Waals surface area contributed by atoms with Crippen molar-refractivity contribution in [2.24, 2.45) is 0 Å². The summed E-state index contributed by atoms with van der Waals surface area (Å²) in [5.41, 5.74) is 2.03. The molecule has 0 bridgehead atoms. The van der Waals surface area contributed by atoms with E-state index in [4.69, 9.17) is 4.42 Å². The van der Waals surface area contributed by atoms with Crippen molar-refractivity contribution in [2.45, 2.75) is 6.92 Å². The van der Waals surface area contributed by atoms with E-state index in [0.29, 0.717) is 22.5 Å². The predicted octanol–water partition coefficient (Wildman–Crippen LogP) is 4.97. The van der Waals surface area contributed by atoms with Crippen molar-refractivity contribution >= 4 is 51.5 Å². The Morgan fingerprint density at radius 1 is 1.14 bits per heavy atom. The maximum Gasteiger partial charge on any atom is 0.433 e. The molecule has 0 aliphatic rings. The maximum absolute atomic E-state index is 13.3. The number of halogens is 1. The predicted molar refractivity (Wildman–Crippen MR) is 119 cm³/mol. The SMILES string of the molecule is Cc1ccccc1-n1c(C=Cc2ccc([N+](=O)[O-])o2)nc2ccc(I)cc2c1=O. The van der Waals surface area contributed by atoms with Gasteiger partial charge < -0.3 is 4.42 Å². The number of para-hydroxylation sites is 1. The molecule has 8 heteroatoms. The minimum Gasteiger partial charge on any atom is -0.401 e. The van der Waals surface area contributed by atoms with Crippen molar-refractivity contribution < 1.29 is 9.34 Å². The van der Waals surface area contributed by atoms with Crippen molar-refractivity contribution in [1.82, 2.24) is 9.55 Å². The molecule has 4 aromatic rings. The lowest BCUT2D eigenvalue weighted by Gasteiger charge is -2.13. The molecule has 0 fully saturated rings. The molecule has 144 valence electrons. The largest absolute Gasteiger partial charge is 0.433 e. The quantitative estimate of drug-likeness (QED) is 0.225. The Balaban J connectivity index is 1.94. The third kappa shape index (κ3) is 3.70. The lowest BCUT2D eigenvalue weighted by molar-refractivity contribution is -0.402. The second kappa shape index (κ2) is 7.63. The van der Waals surface area contributed by atoms with Crippen LogP contribution in [0.5, 0.6) is 0 Å². The van der Waals surface area contributed by atoms with Gasteiger partial charge in [0.15, 0.2) is 0 Å². The molecule has 0 atom stereocenters. The molecule has 2 aromatic heterocycles. The first-order chi connectivity index (χ1) is 13.9. The molecule has 29 heavy (non-hydrogen) atoms. The fourth-order valence-corrected chi connectivity index (χ4v) is 3.51. The van der Waals surface area contributed by atoms with Gasteiger partial charge in [-0.15, -0.1) is 0 Å². The number of fused-ring (bicyclic) bond motifs is 1. The number of benzene rings is 2. The van der Waals surface area contributed by atoms with Crippen LogP contribution in [0.4, 0.5) is 5.88 Å². The van der Waals surface area contributed by atoms with Crippen molar-refractivity contribution in [3.8, 4) is 5.69 Å². The van der Waals surface area contributed by atoms with Gasteiger partial charge in [0.1, 0.15) is 16.5 Å². The summed E-state index contributed by atoms with van der Waals surface area (Å²) in [5, 5.41) is 11.3. The van der Waals surface area contributed by atoms with Crippen molar-refractivity contribution in [1.29, 1.82) is 0 Å². The molecular formula is C21H14IN3O4. The van der Waals surface area contributed by atoms with Gasteiger partial charge in [0.25, 0.3) is 5.56 Å². The summed E-state index contributed by atoms with van der Waals surface area (Å²) < 4.78 is 7.65. The third-order valence-electron chi connectivity index (χ3n) is 4.40. The second-order valence-electron chi connectivity index (χ2n) is 6.32. The highest BCUT2D eigenvalue weighted by atomic mass is 127. The number of aromatic nitrogens is 2. The second-order valence-corrected chi connectivity index (χ2v) is 7.57. The van der Waals surface area contributed by atoms with Gasteiger partial charge in [0, 0.05) is 3.57 Å². The maximum atomic E-state index is 13.3. The van der Waals surface area contributed by atoms with E-state index in [1.54, 1.807) is 22.8 Å². The van der Waals surface area contributed by atoms with Crippen molar-refractivity contribution in [3.05, 3.63) is 95.8 Å². The molecule has 0 aliphatic carbocycles. The Labute approximate surface area is 178 Å². The first-order valence-corrected chi connectivity index (χ1v) is 9.72. The van der Waals surface area contributed by atoms with Crippen LogP contribution in [-0.2, 0) is 0 Å². The lowest BCUT2D eigenvalue weighted by atomic mass is 10.1. The van der Waals surface area contributed by atoms with E-state index >= 15 is 0 Å². The number of aryl methyl sites for hydroxylation is 1. The van der Waals surface area contributed by atoms with Gasteiger partial charge >= 0.3 is 5.88 Å². The molecule has 0 unspecified atom stereocenters. The van der Waals surface area contributed by atoms with Crippen LogP contribution in [-0.4, -0.2) is 14.5 Å². The summed E-state index contributed by atoms with van der Waals surface area (Å²) in [4.78, 5) is 28.2. The fourth-order valence-electron chi connectivity index (χ4n) is 3.02. The van der Waals surface area contributed by atoms with Gasteiger partial charge in [0.2, 0.25) is 0 Å². The van der Waals surface area contributed by atoms with Crippen LogP contribution < -0.4 is 5.56 Å². The summed E-state index contributed by atoms with van der Waals surface area (Å²) in [7, 11) is 0. The Bertz CT molecular complexity index is 1340. The third-order valence-corrected chi connectivity index (χ3v) is 5.07. The number of rotatable bonds is 4. The van der Waals surface area contributed by atoms with Gasteiger partial charge in [-0.25, -0.2) is 4.98 Å². The van der Waals surface area contributed by atoms with Crippen molar-refractivity contribution in [3.63, 3.8) is 0 Å². The van der Waals surface area contributed by atoms with Gasteiger partial charge in [0.05, 0.1) is 22.7 Å². The van der Waals surface area contributed by atoms with E-state index in [-0.39, 0.29) is 11.4 Å². The number of furan rings is 1. The molecule has 0 N–H and O–H groups in total. The van der Waals surface area contributed by atoms with Crippen LogP contribution in [0.25, 0.3) is 28.7 Å². The summed E-state index contributed by atoms with van der Waals surface area (Å²) in [6.45, 7) is 1.92. The zero-order valence-electron chi connectivity index (χ0n) is 15.2. The van der Waals surface area contributed by atoms with E-state index < -0.39 is 4.92 Å². The number of nitro groups is 1. The molecule has 0 saturated carbocycles. The van der Waals surface area contributed by atoms with Gasteiger partial charge in [-0.1, -0.05) is 18.2 Å². The fraction of sp³-hybridized carbons (Fsp3) is 0.0476. The molecule has 2 aromatic carbocycles. The van der Waals surface area contributed by atoms with Crippen LogP contribution in [0.1, 0.15) is 17.1 Å². The van der Waals surface area contributed by atoms with E-state index in [9.17, 15) is 14.9 Å². The molecule has 0 saturated heterocycles. The molecular weight excluding hydrogens is 485 g/mol. The summed E-state index contributed by atoms with van der Waals surface area (Å²) in [6, 6.07) is 15.8. The Hall–Kier alpha value is -3.27. The molecule has 0 amide bonds. The first kappa shape index (κ1) is 19.1. The first-order valence-electron chi connectivity index (χ1n) is 8.64. The average Bonchev–Trinajstić information content (AvgIpc) is 3.17. The van der Waals surface area contributed by atoms with E-state index in [1.807, 2.05) is 43.3 Å². The minimum absolute atomic E-state index is 0.187. The van der Waals surface area contributed by atoms with Crippen LogP contribution in [0.3, 0.4) is 0 Å².